The summed E-state index contributed by atoms with van der Waals surface area (Å²) in [6, 6.07) is 0. The Hall–Kier alpha value is -2.18. The summed E-state index contributed by atoms with van der Waals surface area (Å²) < 4.78 is 0. The van der Waals surface area contributed by atoms with Crippen LogP contribution >= 0.6 is 0 Å². The second-order valence-corrected chi connectivity index (χ2v) is 4.97. The number of aromatic nitrogens is 2. The van der Waals surface area contributed by atoms with Crippen LogP contribution in [0.4, 0.5) is 5.69 Å². The highest BCUT2D eigenvalue weighted by Gasteiger charge is 2.26. The number of hydrogen-bond donors (Lipinski definition) is 2. The van der Waals surface area contributed by atoms with Gasteiger partial charge in [-0.25, -0.2) is 9.97 Å². The minimum absolute atomic E-state index is 0.0724. The van der Waals surface area contributed by atoms with Crippen LogP contribution in [-0.2, 0) is 4.79 Å². The first kappa shape index (κ1) is 14.2. The Morgan fingerprint density at radius 2 is 2.25 bits per heavy atom. The van der Waals surface area contributed by atoms with Gasteiger partial charge in [0.15, 0.2) is 5.69 Å². The average molecular weight is 277 g/mol. The molecule has 2 amide bonds. The summed E-state index contributed by atoms with van der Waals surface area (Å²) in [6.45, 7) is 4.98. The Kier molecular flexibility index (Phi) is 4.16. The molecule has 0 bridgehead atoms. The van der Waals surface area contributed by atoms with Gasteiger partial charge in [0.2, 0.25) is 5.91 Å². The largest absolute Gasteiger partial charge is 0.385 e. The first-order valence-electron chi connectivity index (χ1n) is 6.63. The van der Waals surface area contributed by atoms with Gasteiger partial charge in [-0.1, -0.05) is 13.8 Å². The van der Waals surface area contributed by atoms with Crippen molar-refractivity contribution in [3.05, 3.63) is 17.7 Å². The van der Waals surface area contributed by atoms with Gasteiger partial charge in [-0.3, -0.25) is 9.59 Å². The highest BCUT2D eigenvalue weighted by molar-refractivity contribution is 5.99. The minimum Gasteiger partial charge on any atom is -0.385 e. The second-order valence-electron chi connectivity index (χ2n) is 4.97. The summed E-state index contributed by atoms with van der Waals surface area (Å²) in [5, 5.41) is 5.62. The molecule has 2 heterocycles. The fourth-order valence-corrected chi connectivity index (χ4v) is 1.98. The number of anilines is 1. The van der Waals surface area contributed by atoms with E-state index in [2.05, 4.69) is 20.6 Å². The molecule has 0 atom stereocenters. The van der Waals surface area contributed by atoms with Gasteiger partial charge in [-0.2, -0.15) is 0 Å². The van der Waals surface area contributed by atoms with E-state index in [9.17, 15) is 9.59 Å². The van der Waals surface area contributed by atoms with Gasteiger partial charge >= 0.3 is 0 Å². The number of carbonyl (C=O) groups excluding carboxylic acids is 2. The van der Waals surface area contributed by atoms with Crippen LogP contribution in [0.1, 0.15) is 36.1 Å². The van der Waals surface area contributed by atoms with Gasteiger partial charge in [0, 0.05) is 26.1 Å². The van der Waals surface area contributed by atoms with Crippen molar-refractivity contribution in [2.75, 3.05) is 32.0 Å². The molecule has 0 radical (unpaired) electrons. The molecule has 1 aliphatic rings. The summed E-state index contributed by atoms with van der Waals surface area (Å²) in [5.74, 6) is 0.369. The van der Waals surface area contributed by atoms with Crippen LogP contribution in [0.5, 0.6) is 0 Å². The summed E-state index contributed by atoms with van der Waals surface area (Å²) in [7, 11) is 1.72. The van der Waals surface area contributed by atoms with E-state index in [1.165, 1.54) is 4.90 Å². The Morgan fingerprint density at radius 3 is 2.85 bits per heavy atom. The second kappa shape index (κ2) is 5.85. The lowest BCUT2D eigenvalue weighted by Gasteiger charge is -2.27. The fraction of sp³-hybridized carbons (Fsp3) is 0.538. The molecule has 0 aromatic carbocycles. The highest BCUT2D eigenvalue weighted by Crippen LogP contribution is 2.18. The van der Waals surface area contributed by atoms with Crippen molar-refractivity contribution >= 4 is 17.5 Å². The molecule has 1 aromatic heterocycles. The van der Waals surface area contributed by atoms with Gasteiger partial charge < -0.3 is 15.5 Å². The minimum atomic E-state index is -0.242. The first-order valence-corrected chi connectivity index (χ1v) is 6.63. The van der Waals surface area contributed by atoms with E-state index in [0.29, 0.717) is 30.3 Å². The molecule has 0 spiro atoms. The SMILES string of the molecule is CNc1cnc(C(C)C)nc1C(=O)N1CCNC(=O)C1. The van der Waals surface area contributed by atoms with E-state index in [0.717, 1.165) is 0 Å². The molecule has 0 aliphatic carbocycles. The van der Waals surface area contributed by atoms with Crippen LogP contribution in [0.15, 0.2) is 6.20 Å². The first-order chi connectivity index (χ1) is 9.52. The third kappa shape index (κ3) is 2.87. The van der Waals surface area contributed by atoms with Crippen LogP contribution < -0.4 is 10.6 Å². The third-order valence-electron chi connectivity index (χ3n) is 3.12. The van der Waals surface area contributed by atoms with E-state index in [1.807, 2.05) is 13.8 Å². The number of piperazine rings is 1. The molecule has 1 fully saturated rings. The van der Waals surface area contributed by atoms with E-state index in [-0.39, 0.29) is 24.3 Å². The maximum Gasteiger partial charge on any atom is 0.275 e. The molecule has 7 heteroatoms. The van der Waals surface area contributed by atoms with E-state index < -0.39 is 0 Å². The molecule has 7 nitrogen and oxygen atoms in total. The van der Waals surface area contributed by atoms with E-state index >= 15 is 0 Å². The lowest BCUT2D eigenvalue weighted by molar-refractivity contribution is -0.123. The van der Waals surface area contributed by atoms with Crippen LogP contribution in [0.2, 0.25) is 0 Å². The number of nitrogens with zero attached hydrogens (tertiary/aromatic N) is 3. The molecular formula is C13H19N5O2. The Labute approximate surface area is 117 Å². The molecule has 2 N–H and O–H groups in total. The quantitative estimate of drug-likeness (QED) is 0.825. The number of hydrogen-bond acceptors (Lipinski definition) is 5. The highest BCUT2D eigenvalue weighted by atomic mass is 16.2. The number of carbonyl (C=O) groups is 2. The van der Waals surface area contributed by atoms with Crippen molar-refractivity contribution in [3.8, 4) is 0 Å². The van der Waals surface area contributed by atoms with Crippen molar-refractivity contribution < 1.29 is 9.59 Å². The summed E-state index contributed by atoms with van der Waals surface area (Å²) in [5.41, 5.74) is 0.895. The van der Waals surface area contributed by atoms with Crippen molar-refractivity contribution in [3.63, 3.8) is 0 Å². The molecule has 108 valence electrons. The fourth-order valence-electron chi connectivity index (χ4n) is 1.98. The number of rotatable bonds is 3. The molecule has 20 heavy (non-hydrogen) atoms. The van der Waals surface area contributed by atoms with Crippen LogP contribution in [0.3, 0.4) is 0 Å². The predicted molar refractivity (Wildman–Crippen MR) is 74.6 cm³/mol. The normalized spacial score (nSPS) is 15.2. The molecule has 1 saturated heterocycles. The molecule has 0 saturated carbocycles. The standard InChI is InChI=1S/C13H19N5O2/c1-8(2)12-16-6-9(14-3)11(17-12)13(20)18-5-4-15-10(19)7-18/h6,8,14H,4-5,7H2,1-3H3,(H,15,19). The Morgan fingerprint density at radius 1 is 1.50 bits per heavy atom. The van der Waals surface area contributed by atoms with Crippen LogP contribution in [-0.4, -0.2) is 53.4 Å². The molecule has 1 aliphatic heterocycles. The molecule has 1 aromatic rings. The van der Waals surface area contributed by atoms with Crippen LogP contribution in [0.25, 0.3) is 0 Å². The van der Waals surface area contributed by atoms with Crippen molar-refractivity contribution in [2.45, 2.75) is 19.8 Å². The van der Waals surface area contributed by atoms with Crippen LogP contribution in [0, 0.1) is 0 Å². The van der Waals surface area contributed by atoms with Gasteiger partial charge in [-0.05, 0) is 0 Å². The maximum absolute atomic E-state index is 12.5. The topological polar surface area (TPSA) is 87.2 Å². The number of nitrogens with one attached hydrogen (secondary N) is 2. The smallest absolute Gasteiger partial charge is 0.275 e. The summed E-state index contributed by atoms with van der Waals surface area (Å²) in [4.78, 5) is 34.0. The monoisotopic (exact) mass is 277 g/mol. The lowest BCUT2D eigenvalue weighted by Crippen LogP contribution is -2.50. The molecule has 2 rings (SSSR count). The lowest BCUT2D eigenvalue weighted by atomic mass is 10.2. The van der Waals surface area contributed by atoms with Gasteiger partial charge in [0.05, 0.1) is 18.4 Å². The predicted octanol–water partition coefficient (Wildman–Crippen LogP) is 0.214. The van der Waals surface area contributed by atoms with E-state index in [4.69, 9.17) is 0 Å². The molecule has 0 unspecified atom stereocenters. The van der Waals surface area contributed by atoms with Gasteiger partial charge in [0.1, 0.15) is 5.82 Å². The average Bonchev–Trinajstić information content (AvgIpc) is 2.45. The zero-order chi connectivity index (χ0) is 14.7. The van der Waals surface area contributed by atoms with Crippen molar-refractivity contribution in [1.82, 2.24) is 20.2 Å². The molecular weight excluding hydrogens is 258 g/mol. The van der Waals surface area contributed by atoms with Gasteiger partial charge in [-0.15, -0.1) is 0 Å². The van der Waals surface area contributed by atoms with E-state index in [1.54, 1.807) is 13.2 Å². The maximum atomic E-state index is 12.5. The third-order valence-corrected chi connectivity index (χ3v) is 3.12. The summed E-state index contributed by atoms with van der Waals surface area (Å²) in [6.07, 6.45) is 1.61. The zero-order valence-corrected chi connectivity index (χ0v) is 11.9. The van der Waals surface area contributed by atoms with Crippen molar-refractivity contribution in [1.29, 1.82) is 0 Å². The Bertz CT molecular complexity index is 529. The Balaban J connectivity index is 2.31. The van der Waals surface area contributed by atoms with Gasteiger partial charge in [0.25, 0.3) is 5.91 Å². The van der Waals surface area contributed by atoms with Crippen molar-refractivity contribution in [2.24, 2.45) is 0 Å². The number of amides is 2. The summed E-state index contributed by atoms with van der Waals surface area (Å²) >= 11 is 0. The zero-order valence-electron chi connectivity index (χ0n) is 11.9.